The predicted octanol–water partition coefficient (Wildman–Crippen LogP) is 2.09. The smallest absolute Gasteiger partial charge is 0.122 e. The fourth-order valence-corrected chi connectivity index (χ4v) is 2.18. The summed E-state index contributed by atoms with van der Waals surface area (Å²) < 4.78 is 0. The highest BCUT2D eigenvalue weighted by Crippen LogP contribution is 2.14. The van der Waals surface area contributed by atoms with Crippen molar-refractivity contribution in [2.75, 3.05) is 5.32 Å². The van der Waals surface area contributed by atoms with Crippen LogP contribution >= 0.6 is 23.6 Å². The van der Waals surface area contributed by atoms with E-state index in [2.05, 4.69) is 15.3 Å². The number of aromatic nitrogens is 2. The van der Waals surface area contributed by atoms with Crippen molar-refractivity contribution in [3.8, 4) is 0 Å². The molecule has 0 fully saturated rings. The van der Waals surface area contributed by atoms with Crippen LogP contribution in [0.2, 0.25) is 0 Å². The molecule has 0 spiro atoms. The van der Waals surface area contributed by atoms with Crippen molar-refractivity contribution in [2.45, 2.75) is 13.5 Å². The van der Waals surface area contributed by atoms with Gasteiger partial charge in [0.05, 0.1) is 29.1 Å². The number of nitrogens with two attached hydrogens (primary N) is 1. The van der Waals surface area contributed by atoms with Gasteiger partial charge >= 0.3 is 0 Å². The largest absolute Gasteiger partial charge is 0.388 e. The van der Waals surface area contributed by atoms with Gasteiger partial charge in [0.25, 0.3) is 0 Å². The Labute approximate surface area is 109 Å². The molecule has 0 bridgehead atoms. The molecule has 2 rings (SSSR count). The number of rotatable bonds is 4. The molecule has 2 aromatic heterocycles. The fourth-order valence-electron chi connectivity index (χ4n) is 1.32. The first-order valence-corrected chi connectivity index (χ1v) is 6.28. The molecule has 4 nitrogen and oxygen atoms in total. The second-order valence-electron chi connectivity index (χ2n) is 3.50. The van der Waals surface area contributed by atoms with Gasteiger partial charge in [-0.1, -0.05) is 12.2 Å². The Bertz CT molecular complexity index is 519. The molecule has 0 aliphatic rings. The molecule has 0 aliphatic carbocycles. The summed E-state index contributed by atoms with van der Waals surface area (Å²) in [6, 6.07) is 3.72. The third-order valence-corrected chi connectivity index (χ3v) is 3.27. The first-order chi connectivity index (χ1) is 8.15. The highest BCUT2D eigenvalue weighted by molar-refractivity contribution is 7.80. The maximum absolute atomic E-state index is 5.47. The first-order valence-electron chi connectivity index (χ1n) is 5.06. The fraction of sp³-hybridized carbons (Fsp3) is 0.182. The number of thiazole rings is 1. The standard InChI is InChI=1S/C11H12N4S2/c1-7-13-5-9(17-7)6-14-8-2-3-10(11(12)16)15-4-8/h2-5,14H,6H2,1H3,(H2,12,16). The molecule has 0 aromatic carbocycles. The number of hydrogen-bond acceptors (Lipinski definition) is 5. The van der Waals surface area contributed by atoms with E-state index in [0.717, 1.165) is 17.2 Å². The van der Waals surface area contributed by atoms with Crippen molar-refractivity contribution in [3.63, 3.8) is 0 Å². The average molecular weight is 264 g/mol. The molecule has 6 heteroatoms. The van der Waals surface area contributed by atoms with Crippen molar-refractivity contribution in [1.29, 1.82) is 0 Å². The molecule has 0 aliphatic heterocycles. The normalized spacial score (nSPS) is 10.2. The van der Waals surface area contributed by atoms with E-state index in [1.165, 1.54) is 4.88 Å². The number of nitrogens with one attached hydrogen (secondary N) is 1. The molecule has 88 valence electrons. The summed E-state index contributed by atoms with van der Waals surface area (Å²) in [5.41, 5.74) is 7.05. The van der Waals surface area contributed by atoms with Crippen LogP contribution < -0.4 is 11.1 Å². The van der Waals surface area contributed by atoms with Gasteiger partial charge in [-0.3, -0.25) is 4.98 Å². The molecule has 0 amide bonds. The lowest BCUT2D eigenvalue weighted by molar-refractivity contribution is 1.15. The number of anilines is 1. The molecule has 0 unspecified atom stereocenters. The van der Waals surface area contributed by atoms with Crippen LogP contribution in [0, 0.1) is 6.92 Å². The van der Waals surface area contributed by atoms with E-state index in [-0.39, 0.29) is 0 Å². The number of hydrogen-bond donors (Lipinski definition) is 2. The summed E-state index contributed by atoms with van der Waals surface area (Å²) in [6.07, 6.45) is 3.60. The monoisotopic (exact) mass is 264 g/mol. The van der Waals surface area contributed by atoms with Gasteiger partial charge in [0.2, 0.25) is 0 Å². The van der Waals surface area contributed by atoms with Gasteiger partial charge in [-0.2, -0.15) is 0 Å². The van der Waals surface area contributed by atoms with Gasteiger partial charge in [0.15, 0.2) is 0 Å². The zero-order valence-corrected chi connectivity index (χ0v) is 10.9. The molecule has 2 heterocycles. The highest BCUT2D eigenvalue weighted by Gasteiger charge is 2.00. The average Bonchev–Trinajstić information content (AvgIpc) is 2.73. The van der Waals surface area contributed by atoms with Crippen molar-refractivity contribution in [3.05, 3.63) is 40.1 Å². The van der Waals surface area contributed by atoms with Gasteiger partial charge in [-0.15, -0.1) is 11.3 Å². The van der Waals surface area contributed by atoms with Crippen LogP contribution in [0.3, 0.4) is 0 Å². The van der Waals surface area contributed by atoms with Gasteiger partial charge in [-0.25, -0.2) is 4.98 Å². The lowest BCUT2D eigenvalue weighted by Crippen LogP contribution is -2.11. The van der Waals surface area contributed by atoms with Crippen LogP contribution in [-0.4, -0.2) is 15.0 Å². The summed E-state index contributed by atoms with van der Waals surface area (Å²) in [5, 5.41) is 4.34. The van der Waals surface area contributed by atoms with Crippen LogP contribution in [0.1, 0.15) is 15.6 Å². The summed E-state index contributed by atoms with van der Waals surface area (Å²) >= 11 is 6.52. The molecular formula is C11H12N4S2. The maximum atomic E-state index is 5.47. The molecule has 2 aromatic rings. The van der Waals surface area contributed by atoms with Crippen molar-refractivity contribution in [1.82, 2.24) is 9.97 Å². The Balaban J connectivity index is 1.97. The number of aryl methyl sites for hydroxylation is 1. The molecule has 0 saturated heterocycles. The van der Waals surface area contributed by atoms with E-state index in [1.807, 2.05) is 25.3 Å². The highest BCUT2D eigenvalue weighted by atomic mass is 32.1. The van der Waals surface area contributed by atoms with E-state index >= 15 is 0 Å². The number of thiocarbonyl (C=S) groups is 1. The quantitative estimate of drug-likeness (QED) is 0.828. The summed E-state index contributed by atoms with van der Waals surface area (Å²) in [5.74, 6) is 0. The predicted molar refractivity (Wildman–Crippen MR) is 74.3 cm³/mol. The minimum Gasteiger partial charge on any atom is -0.388 e. The molecule has 0 atom stereocenters. The second kappa shape index (κ2) is 5.20. The second-order valence-corrected chi connectivity index (χ2v) is 5.25. The van der Waals surface area contributed by atoms with Crippen LogP contribution in [0.25, 0.3) is 0 Å². The summed E-state index contributed by atoms with van der Waals surface area (Å²) in [4.78, 5) is 9.86. The lowest BCUT2D eigenvalue weighted by Gasteiger charge is -2.04. The van der Waals surface area contributed by atoms with Crippen molar-refractivity contribution in [2.24, 2.45) is 5.73 Å². The summed E-state index contributed by atoms with van der Waals surface area (Å²) in [6.45, 7) is 2.74. The van der Waals surface area contributed by atoms with Crippen LogP contribution in [0.5, 0.6) is 0 Å². The molecule has 0 saturated carbocycles. The Morgan fingerprint density at radius 1 is 1.41 bits per heavy atom. The van der Waals surface area contributed by atoms with E-state index in [1.54, 1.807) is 17.5 Å². The van der Waals surface area contributed by atoms with Gasteiger partial charge < -0.3 is 11.1 Å². The Hall–Kier alpha value is -1.53. The third kappa shape index (κ3) is 3.21. The maximum Gasteiger partial charge on any atom is 0.122 e. The van der Waals surface area contributed by atoms with Crippen molar-refractivity contribution >= 4 is 34.2 Å². The minimum atomic E-state index is 0.314. The van der Waals surface area contributed by atoms with Crippen LogP contribution in [0.4, 0.5) is 5.69 Å². The topological polar surface area (TPSA) is 63.8 Å². The van der Waals surface area contributed by atoms with E-state index in [0.29, 0.717) is 10.7 Å². The zero-order chi connectivity index (χ0) is 12.3. The third-order valence-electron chi connectivity index (χ3n) is 2.15. The minimum absolute atomic E-state index is 0.314. The van der Waals surface area contributed by atoms with Gasteiger partial charge in [0, 0.05) is 11.1 Å². The van der Waals surface area contributed by atoms with E-state index in [9.17, 15) is 0 Å². The molecule has 17 heavy (non-hydrogen) atoms. The first kappa shape index (κ1) is 11.9. The van der Waals surface area contributed by atoms with Gasteiger partial charge in [0.1, 0.15) is 4.99 Å². The van der Waals surface area contributed by atoms with Gasteiger partial charge in [-0.05, 0) is 19.1 Å². The Kier molecular flexibility index (Phi) is 3.65. The summed E-state index contributed by atoms with van der Waals surface area (Å²) in [7, 11) is 0. The number of nitrogens with zero attached hydrogens (tertiary/aromatic N) is 2. The molecular weight excluding hydrogens is 252 g/mol. The van der Waals surface area contributed by atoms with Crippen molar-refractivity contribution < 1.29 is 0 Å². The van der Waals surface area contributed by atoms with Crippen LogP contribution in [-0.2, 0) is 6.54 Å². The lowest BCUT2D eigenvalue weighted by atomic mass is 10.3. The van der Waals surface area contributed by atoms with Crippen LogP contribution in [0.15, 0.2) is 24.5 Å². The number of pyridine rings is 1. The van der Waals surface area contributed by atoms with E-state index < -0.39 is 0 Å². The molecule has 0 radical (unpaired) electrons. The Morgan fingerprint density at radius 3 is 2.76 bits per heavy atom. The Morgan fingerprint density at radius 2 is 2.24 bits per heavy atom. The molecule has 3 N–H and O–H groups in total. The van der Waals surface area contributed by atoms with E-state index in [4.69, 9.17) is 18.0 Å². The zero-order valence-electron chi connectivity index (χ0n) is 9.30. The SMILES string of the molecule is Cc1ncc(CNc2ccc(C(N)=S)nc2)s1.